The summed E-state index contributed by atoms with van der Waals surface area (Å²) in [4.78, 5) is 6.83. The van der Waals surface area contributed by atoms with E-state index in [4.69, 9.17) is 21.7 Å². The molecular weight excluding hydrogens is 348 g/mol. The predicted octanol–water partition coefficient (Wildman–Crippen LogP) is 2.54. The van der Waals surface area contributed by atoms with Crippen LogP contribution in [-0.4, -0.2) is 53.5 Å². The highest BCUT2D eigenvalue weighted by Gasteiger charge is 2.40. The third kappa shape index (κ3) is 4.06. The average Bonchev–Trinajstić information content (AvgIpc) is 3.25. The molecule has 0 aliphatic carbocycles. The average molecular weight is 375 g/mol. The summed E-state index contributed by atoms with van der Waals surface area (Å²) in [5.74, 6) is 0. The molecule has 3 heterocycles. The first-order chi connectivity index (χ1) is 12.8. The van der Waals surface area contributed by atoms with Gasteiger partial charge in [0.25, 0.3) is 0 Å². The first-order valence-corrected chi connectivity index (χ1v) is 9.28. The van der Waals surface area contributed by atoms with Gasteiger partial charge in [0.2, 0.25) is 0 Å². The van der Waals surface area contributed by atoms with Gasteiger partial charge in [0.15, 0.2) is 5.11 Å². The van der Waals surface area contributed by atoms with Crippen LogP contribution >= 0.6 is 12.2 Å². The van der Waals surface area contributed by atoms with Crippen LogP contribution in [0.1, 0.15) is 29.9 Å². The van der Waals surface area contributed by atoms with E-state index in [1.54, 1.807) is 14.2 Å². The minimum absolute atomic E-state index is 0.0161. The van der Waals surface area contributed by atoms with E-state index in [2.05, 4.69) is 38.1 Å². The van der Waals surface area contributed by atoms with Crippen LogP contribution in [-0.2, 0) is 16.0 Å². The summed E-state index contributed by atoms with van der Waals surface area (Å²) >= 11 is 5.66. The first-order valence-electron chi connectivity index (χ1n) is 8.87. The maximum Gasteiger partial charge on any atom is 0.170 e. The van der Waals surface area contributed by atoms with E-state index in [1.165, 1.54) is 5.69 Å². The molecule has 26 heavy (non-hydrogen) atoms. The Kier molecular flexibility index (Phi) is 6.60. The number of rotatable bonds is 9. The van der Waals surface area contributed by atoms with Gasteiger partial charge in [-0.2, -0.15) is 0 Å². The molecule has 2 unspecified atom stereocenters. The van der Waals surface area contributed by atoms with Gasteiger partial charge in [-0.05, 0) is 42.9 Å². The molecule has 6 nitrogen and oxygen atoms in total. The lowest BCUT2D eigenvalue weighted by Gasteiger charge is -2.29. The fourth-order valence-electron chi connectivity index (χ4n) is 3.44. The second kappa shape index (κ2) is 9.12. The molecule has 2 aromatic rings. The second-order valence-electron chi connectivity index (χ2n) is 6.29. The van der Waals surface area contributed by atoms with Gasteiger partial charge in [-0.1, -0.05) is 6.07 Å². The van der Waals surface area contributed by atoms with Crippen molar-refractivity contribution >= 4 is 17.3 Å². The van der Waals surface area contributed by atoms with Crippen LogP contribution in [0, 0.1) is 0 Å². The summed E-state index contributed by atoms with van der Waals surface area (Å²) in [6.45, 7) is 3.03. The molecule has 1 N–H and O–H groups in total. The summed E-state index contributed by atoms with van der Waals surface area (Å²) in [5.41, 5.74) is 2.20. The van der Waals surface area contributed by atoms with Gasteiger partial charge in [-0.15, -0.1) is 0 Å². The largest absolute Gasteiger partial charge is 0.385 e. The van der Waals surface area contributed by atoms with Crippen LogP contribution in [0.15, 0.2) is 42.7 Å². The van der Waals surface area contributed by atoms with Crippen molar-refractivity contribution in [2.75, 3.05) is 34.0 Å². The highest BCUT2D eigenvalue weighted by Crippen LogP contribution is 2.38. The molecule has 0 radical (unpaired) electrons. The van der Waals surface area contributed by atoms with Gasteiger partial charge < -0.3 is 24.3 Å². The fraction of sp³-hybridized carbons (Fsp3) is 0.474. The van der Waals surface area contributed by atoms with Crippen molar-refractivity contribution in [2.24, 2.45) is 0 Å². The normalized spacial score (nSPS) is 19.8. The third-order valence-electron chi connectivity index (χ3n) is 4.65. The molecule has 1 aliphatic heterocycles. The monoisotopic (exact) mass is 374 g/mol. The molecule has 2 atom stereocenters. The van der Waals surface area contributed by atoms with Gasteiger partial charge in [0.05, 0.1) is 24.4 Å². The number of nitrogens with one attached hydrogen (secondary N) is 1. The summed E-state index contributed by atoms with van der Waals surface area (Å²) in [6, 6.07) is 10.3. The van der Waals surface area contributed by atoms with E-state index in [1.807, 2.05) is 24.4 Å². The van der Waals surface area contributed by atoms with Crippen molar-refractivity contribution in [1.82, 2.24) is 19.8 Å². The minimum Gasteiger partial charge on any atom is -0.385 e. The molecule has 140 valence electrons. The molecule has 0 spiro atoms. The van der Waals surface area contributed by atoms with Crippen molar-refractivity contribution < 1.29 is 9.47 Å². The smallest absolute Gasteiger partial charge is 0.170 e. The molecule has 0 aromatic carbocycles. The lowest BCUT2D eigenvalue weighted by Crippen LogP contribution is -2.32. The highest BCUT2D eigenvalue weighted by molar-refractivity contribution is 7.80. The van der Waals surface area contributed by atoms with Crippen LogP contribution < -0.4 is 5.32 Å². The predicted molar refractivity (Wildman–Crippen MR) is 105 cm³/mol. The van der Waals surface area contributed by atoms with Crippen molar-refractivity contribution in [3.05, 3.63) is 54.1 Å². The molecule has 2 aromatic heterocycles. The second-order valence-corrected chi connectivity index (χ2v) is 6.67. The van der Waals surface area contributed by atoms with Crippen molar-refractivity contribution in [1.29, 1.82) is 0 Å². The highest BCUT2D eigenvalue weighted by atomic mass is 32.1. The van der Waals surface area contributed by atoms with Crippen molar-refractivity contribution in [3.8, 4) is 0 Å². The molecule has 1 fully saturated rings. The fourth-order valence-corrected chi connectivity index (χ4v) is 3.77. The Morgan fingerprint density at radius 3 is 2.69 bits per heavy atom. The number of nitrogens with zero attached hydrogens (tertiary/aromatic N) is 3. The first kappa shape index (κ1) is 18.8. The molecular formula is C19H26N4O2S. The van der Waals surface area contributed by atoms with E-state index < -0.39 is 0 Å². The topological polar surface area (TPSA) is 51.5 Å². The number of methoxy groups -OCH3 is 2. The van der Waals surface area contributed by atoms with Gasteiger partial charge in [0.1, 0.15) is 0 Å². The summed E-state index contributed by atoms with van der Waals surface area (Å²) in [5, 5.41) is 4.24. The molecule has 0 amide bonds. The Morgan fingerprint density at radius 2 is 1.96 bits per heavy atom. The van der Waals surface area contributed by atoms with E-state index in [-0.39, 0.29) is 12.1 Å². The standard InChI is InChI=1S/C19H26N4O2S/c1-24-13-6-11-23-18(16-8-5-10-22(16)12-14-25-2)17(21-19(23)26)15-7-3-4-9-20-15/h3-5,7-10,17-18H,6,11-14H2,1-2H3,(H,21,26). The molecule has 1 saturated heterocycles. The summed E-state index contributed by atoms with van der Waals surface area (Å²) in [6.07, 6.45) is 4.84. The zero-order chi connectivity index (χ0) is 18.4. The molecule has 0 saturated carbocycles. The van der Waals surface area contributed by atoms with Gasteiger partial charge in [-0.25, -0.2) is 0 Å². The van der Waals surface area contributed by atoms with E-state index in [9.17, 15) is 0 Å². The van der Waals surface area contributed by atoms with E-state index in [0.29, 0.717) is 13.2 Å². The van der Waals surface area contributed by atoms with Gasteiger partial charge in [-0.3, -0.25) is 4.98 Å². The van der Waals surface area contributed by atoms with E-state index >= 15 is 0 Å². The Morgan fingerprint density at radius 1 is 1.12 bits per heavy atom. The van der Waals surface area contributed by atoms with Gasteiger partial charge in [0, 0.05) is 52.0 Å². The SMILES string of the molecule is COCCCN1C(=S)NC(c2ccccn2)C1c1cccn1CCOC. The number of hydrogen-bond acceptors (Lipinski definition) is 4. The Labute approximate surface area is 160 Å². The van der Waals surface area contributed by atoms with Crippen molar-refractivity contribution in [2.45, 2.75) is 25.0 Å². The lowest BCUT2D eigenvalue weighted by atomic mass is 10.0. The summed E-state index contributed by atoms with van der Waals surface area (Å²) < 4.78 is 12.7. The Hall–Kier alpha value is -1.96. The van der Waals surface area contributed by atoms with Crippen LogP contribution in [0.2, 0.25) is 0 Å². The minimum atomic E-state index is 0.0161. The Bertz CT molecular complexity index is 707. The lowest BCUT2D eigenvalue weighted by molar-refractivity contribution is 0.175. The van der Waals surface area contributed by atoms with Gasteiger partial charge >= 0.3 is 0 Å². The van der Waals surface area contributed by atoms with Crippen LogP contribution in [0.5, 0.6) is 0 Å². The third-order valence-corrected chi connectivity index (χ3v) is 5.00. The molecule has 7 heteroatoms. The molecule has 3 rings (SSSR count). The van der Waals surface area contributed by atoms with Crippen LogP contribution in [0.3, 0.4) is 0 Å². The number of hydrogen-bond donors (Lipinski definition) is 1. The summed E-state index contributed by atoms with van der Waals surface area (Å²) in [7, 11) is 3.45. The quantitative estimate of drug-likeness (QED) is 0.538. The number of thiocarbonyl (C=S) groups is 1. The van der Waals surface area contributed by atoms with Crippen molar-refractivity contribution in [3.63, 3.8) is 0 Å². The number of pyridine rings is 1. The maximum absolute atomic E-state index is 5.66. The zero-order valence-corrected chi connectivity index (χ0v) is 16.1. The Balaban J connectivity index is 1.92. The maximum atomic E-state index is 5.66. The number of aromatic nitrogens is 2. The molecule has 1 aliphatic rings. The van der Waals surface area contributed by atoms with E-state index in [0.717, 1.165) is 30.3 Å². The van der Waals surface area contributed by atoms with Crippen LogP contribution in [0.4, 0.5) is 0 Å². The van der Waals surface area contributed by atoms with Crippen LogP contribution in [0.25, 0.3) is 0 Å². The zero-order valence-electron chi connectivity index (χ0n) is 15.3. The number of ether oxygens (including phenoxy) is 2. The molecule has 0 bridgehead atoms.